The van der Waals surface area contributed by atoms with E-state index in [1.54, 1.807) is 0 Å². The van der Waals surface area contributed by atoms with Crippen molar-refractivity contribution in [2.24, 2.45) is 0 Å². The van der Waals surface area contributed by atoms with Crippen LogP contribution in [0.1, 0.15) is 61.1 Å². The molecule has 0 spiro atoms. The molecular weight excluding hydrogens is 689 g/mol. The molecule has 0 aliphatic heterocycles. The molecule has 0 bridgehead atoms. The average molecular weight is 731 g/mol. The van der Waals surface area contributed by atoms with Gasteiger partial charge in [-0.15, -0.1) is 0 Å². The van der Waals surface area contributed by atoms with Gasteiger partial charge >= 0.3 is 0 Å². The largest absolute Gasteiger partial charge is 0.455 e. The van der Waals surface area contributed by atoms with Gasteiger partial charge in [-0.05, 0) is 125 Å². The minimum Gasteiger partial charge on any atom is -0.455 e. The normalized spacial score (nSPS) is 14.8. The van der Waals surface area contributed by atoms with E-state index in [-0.39, 0.29) is 10.8 Å². The van der Waals surface area contributed by atoms with E-state index in [4.69, 9.17) is 4.42 Å². The molecule has 57 heavy (non-hydrogen) atoms. The molecule has 1 aromatic heterocycles. The maximum Gasteiger partial charge on any atom is 0.143 e. The summed E-state index contributed by atoms with van der Waals surface area (Å²) in [6, 6.07) is 54.6. The lowest BCUT2D eigenvalue weighted by atomic mass is 9.80. The van der Waals surface area contributed by atoms with E-state index in [9.17, 15) is 0 Å². The molecule has 2 aliphatic carbocycles. The first kappa shape index (κ1) is 32.8. The molecule has 12 rings (SSSR count). The highest BCUT2D eigenvalue weighted by atomic mass is 16.3. The zero-order chi connectivity index (χ0) is 38.5. The molecule has 0 amide bonds. The highest BCUT2D eigenvalue weighted by Gasteiger charge is 2.39. The molecule has 0 saturated heterocycles. The van der Waals surface area contributed by atoms with Crippen LogP contribution in [-0.2, 0) is 10.8 Å². The monoisotopic (exact) mass is 730 g/mol. The summed E-state index contributed by atoms with van der Waals surface area (Å²) in [5.74, 6) is 1.87. The van der Waals surface area contributed by atoms with Crippen molar-refractivity contribution in [1.82, 2.24) is 0 Å². The van der Waals surface area contributed by atoms with E-state index in [1.165, 1.54) is 109 Å². The third kappa shape index (κ3) is 4.19. The van der Waals surface area contributed by atoms with Gasteiger partial charge in [-0.3, -0.25) is 0 Å². The van der Waals surface area contributed by atoms with Crippen LogP contribution in [0.2, 0.25) is 0 Å². The van der Waals surface area contributed by atoms with Crippen molar-refractivity contribution in [2.75, 3.05) is 0 Å². The topological polar surface area (TPSA) is 13.1 Å². The van der Waals surface area contributed by atoms with Crippen LogP contribution < -0.4 is 0 Å². The Bertz CT molecular complexity index is 3190. The summed E-state index contributed by atoms with van der Waals surface area (Å²) in [5.41, 5.74) is 15.4. The minimum absolute atomic E-state index is 0.168. The number of furan rings is 1. The zero-order valence-electron chi connectivity index (χ0n) is 33.3. The maximum absolute atomic E-state index is 7.44. The average Bonchev–Trinajstić information content (AvgIpc) is 3.82. The molecule has 0 fully saturated rings. The molecule has 9 aromatic carbocycles. The quantitative estimate of drug-likeness (QED) is 0.161. The second kappa shape index (κ2) is 11.1. The number of hydrogen-bond acceptors (Lipinski definition) is 1. The van der Waals surface area contributed by atoms with Crippen molar-refractivity contribution < 1.29 is 4.42 Å². The lowest BCUT2D eigenvalue weighted by Crippen LogP contribution is -2.15. The predicted molar refractivity (Wildman–Crippen MR) is 242 cm³/mol. The van der Waals surface area contributed by atoms with Gasteiger partial charge in [0.1, 0.15) is 11.5 Å². The van der Waals surface area contributed by atoms with Crippen LogP contribution in [0, 0.1) is 13.8 Å². The van der Waals surface area contributed by atoms with Crippen molar-refractivity contribution in [3.8, 4) is 44.9 Å². The summed E-state index contributed by atoms with van der Waals surface area (Å²) >= 11 is 0. The Hall–Kier alpha value is -6.44. The molecule has 1 heterocycles. The molecule has 2 aliphatic rings. The number of benzene rings is 9. The molecule has 1 nitrogen and oxygen atoms in total. The Morgan fingerprint density at radius 1 is 0.351 bits per heavy atom. The van der Waals surface area contributed by atoms with Crippen LogP contribution in [0.3, 0.4) is 0 Å². The Kier molecular flexibility index (Phi) is 6.39. The molecule has 0 radical (unpaired) electrons. The van der Waals surface area contributed by atoms with Gasteiger partial charge in [-0.2, -0.15) is 0 Å². The van der Waals surface area contributed by atoms with Crippen molar-refractivity contribution in [1.29, 1.82) is 0 Å². The molecular formula is C56H42O. The van der Waals surface area contributed by atoms with Gasteiger partial charge < -0.3 is 4.42 Å². The Labute approximate surface area is 333 Å². The third-order valence-electron chi connectivity index (χ3n) is 13.9. The first-order chi connectivity index (χ1) is 27.6. The highest BCUT2D eigenvalue weighted by molar-refractivity contribution is 6.31. The fourth-order valence-corrected chi connectivity index (χ4v) is 11.0. The molecule has 0 saturated carbocycles. The third-order valence-corrected chi connectivity index (χ3v) is 13.9. The Morgan fingerprint density at radius 3 is 1.11 bits per heavy atom. The molecule has 272 valence electrons. The SMILES string of the molecule is Cc1cc2c(c3ccccc13)-c1ccc(-c3oc(-c4ccc5c(c4)C(C)(C)c4cc(C)c6ccccc6c4-5)c4c5ccccc5c5ccccc5c34)cc1C2(C)C. The lowest BCUT2D eigenvalue weighted by molar-refractivity contribution is 0.601. The van der Waals surface area contributed by atoms with E-state index < -0.39 is 0 Å². The van der Waals surface area contributed by atoms with Gasteiger partial charge in [0.05, 0.1) is 0 Å². The van der Waals surface area contributed by atoms with Gasteiger partial charge in [-0.1, -0.05) is 161 Å². The Morgan fingerprint density at radius 2 is 0.702 bits per heavy atom. The first-order valence-electron chi connectivity index (χ1n) is 20.3. The predicted octanol–water partition coefficient (Wildman–Crippen LogP) is 15.6. The number of rotatable bonds is 2. The van der Waals surface area contributed by atoms with E-state index in [0.717, 1.165) is 22.6 Å². The van der Waals surface area contributed by atoms with Crippen molar-refractivity contribution in [2.45, 2.75) is 52.4 Å². The van der Waals surface area contributed by atoms with Gasteiger partial charge in [0.15, 0.2) is 0 Å². The van der Waals surface area contributed by atoms with Gasteiger partial charge in [0.2, 0.25) is 0 Å². The molecule has 10 aromatic rings. The first-order valence-corrected chi connectivity index (χ1v) is 20.3. The van der Waals surface area contributed by atoms with Gasteiger partial charge in [-0.25, -0.2) is 0 Å². The van der Waals surface area contributed by atoms with Crippen LogP contribution in [-0.4, -0.2) is 0 Å². The standard InChI is InChI=1S/C56H42O/c1-31-27-47-49(39-19-11-7-15-35(31)39)43-25-23-33(29-45(43)55(47,3)4)53-51-41-21-13-9-17-37(41)38-18-10-14-22-42(38)52(51)54(57-53)34-24-26-44-46(30-34)56(5,6)48-28-32(2)36-16-8-12-20-40(36)50(44)48/h7-30H,1-6H3. The van der Waals surface area contributed by atoms with Gasteiger partial charge in [0, 0.05) is 32.7 Å². The van der Waals surface area contributed by atoms with Crippen LogP contribution in [0.25, 0.3) is 98.8 Å². The molecule has 0 N–H and O–H groups in total. The number of aryl methyl sites for hydroxylation is 2. The van der Waals surface area contributed by atoms with Crippen LogP contribution in [0.4, 0.5) is 0 Å². The summed E-state index contributed by atoms with van der Waals surface area (Å²) in [4.78, 5) is 0. The van der Waals surface area contributed by atoms with Crippen LogP contribution in [0.5, 0.6) is 0 Å². The minimum atomic E-state index is -0.168. The van der Waals surface area contributed by atoms with Crippen LogP contribution >= 0.6 is 0 Å². The second-order valence-electron chi connectivity index (χ2n) is 17.7. The lowest BCUT2D eigenvalue weighted by Gasteiger charge is -2.23. The van der Waals surface area contributed by atoms with Crippen molar-refractivity contribution in [3.63, 3.8) is 0 Å². The summed E-state index contributed by atoms with van der Waals surface area (Å²) in [5, 5.41) is 12.6. The fourth-order valence-electron chi connectivity index (χ4n) is 11.0. The Balaban J connectivity index is 1.14. The fraction of sp³-hybridized carbons (Fsp3) is 0.143. The van der Waals surface area contributed by atoms with E-state index in [0.29, 0.717) is 0 Å². The highest BCUT2D eigenvalue weighted by Crippen LogP contribution is 2.56. The molecule has 0 atom stereocenters. The van der Waals surface area contributed by atoms with Gasteiger partial charge in [0.25, 0.3) is 0 Å². The summed E-state index contributed by atoms with van der Waals surface area (Å²) in [7, 11) is 0. The van der Waals surface area contributed by atoms with Crippen LogP contribution in [0.15, 0.2) is 150 Å². The number of fused-ring (bicyclic) bond motifs is 16. The smallest absolute Gasteiger partial charge is 0.143 e. The van der Waals surface area contributed by atoms with E-state index >= 15 is 0 Å². The van der Waals surface area contributed by atoms with E-state index in [2.05, 4.69) is 187 Å². The maximum atomic E-state index is 7.44. The summed E-state index contributed by atoms with van der Waals surface area (Å²) in [6.07, 6.45) is 0. The van der Waals surface area contributed by atoms with E-state index in [1.807, 2.05) is 0 Å². The molecule has 0 unspecified atom stereocenters. The zero-order valence-corrected chi connectivity index (χ0v) is 33.3. The van der Waals surface area contributed by atoms with Crippen molar-refractivity contribution in [3.05, 3.63) is 179 Å². The van der Waals surface area contributed by atoms with Crippen molar-refractivity contribution >= 4 is 53.9 Å². The summed E-state index contributed by atoms with van der Waals surface area (Å²) in [6.45, 7) is 14.1. The number of hydrogen-bond donors (Lipinski definition) is 0. The summed E-state index contributed by atoms with van der Waals surface area (Å²) < 4.78 is 7.44. The second-order valence-corrected chi connectivity index (χ2v) is 17.7. The molecule has 1 heteroatoms.